The zero-order chi connectivity index (χ0) is 25.2. The van der Waals surface area contributed by atoms with Crippen LogP contribution in [0.5, 0.6) is 5.75 Å². The molecule has 1 N–H and O–H groups in total. The predicted molar refractivity (Wildman–Crippen MR) is 164 cm³/mol. The molecule has 8 aromatic rings. The van der Waals surface area contributed by atoms with Gasteiger partial charge in [0.2, 0.25) is 0 Å². The van der Waals surface area contributed by atoms with Gasteiger partial charge < -0.3 is 5.11 Å². The molecular weight excluding hydrogens is 480 g/mol. The minimum Gasteiger partial charge on any atom is -0.506 e. The van der Waals surface area contributed by atoms with Crippen molar-refractivity contribution in [3.8, 4) is 28.0 Å². The molecule has 1 heterocycles. The Morgan fingerprint density at radius 2 is 1.08 bits per heavy atom. The Morgan fingerprint density at radius 3 is 1.82 bits per heavy atom. The van der Waals surface area contributed by atoms with E-state index in [4.69, 9.17) is 0 Å². The number of fused-ring (bicyclic) bond motifs is 6. The van der Waals surface area contributed by atoms with Gasteiger partial charge in [0.25, 0.3) is 0 Å². The van der Waals surface area contributed by atoms with Crippen molar-refractivity contribution in [3.05, 3.63) is 127 Å². The molecule has 38 heavy (non-hydrogen) atoms. The van der Waals surface area contributed by atoms with Crippen LogP contribution in [0.15, 0.2) is 127 Å². The van der Waals surface area contributed by atoms with Gasteiger partial charge in [0, 0.05) is 15.5 Å². The van der Waals surface area contributed by atoms with Crippen molar-refractivity contribution in [2.24, 2.45) is 0 Å². The summed E-state index contributed by atoms with van der Waals surface area (Å²) in [6, 6.07) is 45.4. The SMILES string of the molecule is Oc1cccc2c1sc1cccc(-c3c4ccccc4c(-c4ccc5ccccc5c4)c4ccccc34)c12. The molecule has 0 atom stereocenters. The number of hydrogen-bond acceptors (Lipinski definition) is 2. The first-order chi connectivity index (χ1) is 18.8. The van der Waals surface area contributed by atoms with Crippen molar-refractivity contribution in [1.82, 2.24) is 0 Å². The van der Waals surface area contributed by atoms with Crippen molar-refractivity contribution in [3.63, 3.8) is 0 Å². The number of benzene rings is 7. The van der Waals surface area contributed by atoms with E-state index in [1.54, 1.807) is 17.4 Å². The van der Waals surface area contributed by atoms with Crippen LogP contribution in [0.1, 0.15) is 0 Å². The van der Waals surface area contributed by atoms with Crippen molar-refractivity contribution in [2.75, 3.05) is 0 Å². The Bertz CT molecular complexity index is 2150. The zero-order valence-corrected chi connectivity index (χ0v) is 21.3. The molecule has 2 heteroatoms. The number of phenols is 1. The maximum absolute atomic E-state index is 10.6. The van der Waals surface area contributed by atoms with E-state index in [1.165, 1.54) is 64.7 Å². The minimum atomic E-state index is 0.344. The average Bonchev–Trinajstić information content (AvgIpc) is 3.36. The summed E-state index contributed by atoms with van der Waals surface area (Å²) >= 11 is 1.66. The van der Waals surface area contributed by atoms with Crippen LogP contribution < -0.4 is 0 Å². The van der Waals surface area contributed by atoms with Crippen LogP contribution in [0, 0.1) is 0 Å². The van der Waals surface area contributed by atoms with E-state index in [0.717, 1.165) is 10.1 Å². The number of rotatable bonds is 2. The van der Waals surface area contributed by atoms with Gasteiger partial charge in [-0.25, -0.2) is 0 Å². The molecule has 0 saturated heterocycles. The molecule has 0 spiro atoms. The molecule has 0 aliphatic rings. The van der Waals surface area contributed by atoms with Crippen molar-refractivity contribution >= 4 is 63.8 Å². The molecule has 0 fully saturated rings. The Labute approximate surface area is 223 Å². The van der Waals surface area contributed by atoms with Gasteiger partial charge in [-0.3, -0.25) is 0 Å². The first-order valence-electron chi connectivity index (χ1n) is 12.8. The second kappa shape index (κ2) is 8.17. The molecule has 0 bridgehead atoms. The third-order valence-electron chi connectivity index (χ3n) is 7.74. The number of aromatic hydroxyl groups is 1. The largest absolute Gasteiger partial charge is 0.506 e. The topological polar surface area (TPSA) is 20.2 Å². The van der Waals surface area contributed by atoms with E-state index in [9.17, 15) is 5.11 Å². The van der Waals surface area contributed by atoms with Crippen molar-refractivity contribution in [1.29, 1.82) is 0 Å². The van der Waals surface area contributed by atoms with Gasteiger partial charge in [0.1, 0.15) is 5.75 Å². The molecule has 0 aliphatic heterocycles. The van der Waals surface area contributed by atoms with E-state index in [-0.39, 0.29) is 0 Å². The number of thiophene rings is 1. The van der Waals surface area contributed by atoms with Crippen LogP contribution in [0.25, 0.3) is 74.7 Å². The van der Waals surface area contributed by atoms with Crippen LogP contribution in [-0.2, 0) is 0 Å². The maximum atomic E-state index is 10.6. The van der Waals surface area contributed by atoms with E-state index in [2.05, 4.69) is 115 Å². The lowest BCUT2D eigenvalue weighted by Gasteiger charge is -2.18. The molecule has 0 amide bonds. The van der Waals surface area contributed by atoms with Crippen molar-refractivity contribution < 1.29 is 5.11 Å². The lowest BCUT2D eigenvalue weighted by atomic mass is 9.84. The lowest BCUT2D eigenvalue weighted by Crippen LogP contribution is -1.91. The number of hydrogen-bond donors (Lipinski definition) is 1. The Kier molecular flexibility index (Phi) is 4.61. The van der Waals surface area contributed by atoms with Gasteiger partial charge >= 0.3 is 0 Å². The summed E-state index contributed by atoms with van der Waals surface area (Å²) < 4.78 is 2.13. The van der Waals surface area contributed by atoms with E-state index < -0.39 is 0 Å². The summed E-state index contributed by atoms with van der Waals surface area (Å²) in [6.07, 6.45) is 0. The first kappa shape index (κ1) is 21.4. The minimum absolute atomic E-state index is 0.344. The third-order valence-corrected chi connectivity index (χ3v) is 8.93. The van der Waals surface area contributed by atoms with Gasteiger partial charge in [0.05, 0.1) is 4.70 Å². The molecule has 8 rings (SSSR count). The molecule has 0 radical (unpaired) electrons. The van der Waals surface area contributed by atoms with E-state index >= 15 is 0 Å². The molecule has 178 valence electrons. The fraction of sp³-hybridized carbons (Fsp3) is 0. The Morgan fingerprint density at radius 1 is 0.474 bits per heavy atom. The summed E-state index contributed by atoms with van der Waals surface area (Å²) in [6.45, 7) is 0. The van der Waals surface area contributed by atoms with Gasteiger partial charge in [-0.1, -0.05) is 109 Å². The highest BCUT2D eigenvalue weighted by atomic mass is 32.1. The molecule has 0 aliphatic carbocycles. The Hall–Kier alpha value is -4.66. The normalized spacial score (nSPS) is 11.8. The average molecular weight is 503 g/mol. The Balaban J connectivity index is 1.54. The van der Waals surface area contributed by atoms with Crippen LogP contribution in [0.3, 0.4) is 0 Å². The summed E-state index contributed by atoms with van der Waals surface area (Å²) in [5.74, 6) is 0.344. The number of phenolic OH excluding ortho intramolecular Hbond substituents is 1. The monoisotopic (exact) mass is 502 g/mol. The maximum Gasteiger partial charge on any atom is 0.133 e. The molecule has 7 aromatic carbocycles. The predicted octanol–water partition coefficient (Wildman–Crippen LogP) is 10.6. The summed E-state index contributed by atoms with van der Waals surface area (Å²) in [7, 11) is 0. The highest BCUT2D eigenvalue weighted by Gasteiger charge is 2.20. The molecule has 1 aromatic heterocycles. The molecule has 0 unspecified atom stereocenters. The highest BCUT2D eigenvalue weighted by Crippen LogP contribution is 2.48. The highest BCUT2D eigenvalue weighted by molar-refractivity contribution is 7.26. The fourth-order valence-corrected chi connectivity index (χ4v) is 7.26. The second-order valence-electron chi connectivity index (χ2n) is 9.84. The van der Waals surface area contributed by atoms with Crippen LogP contribution in [0.2, 0.25) is 0 Å². The lowest BCUT2D eigenvalue weighted by molar-refractivity contribution is 0.482. The quantitative estimate of drug-likeness (QED) is 0.233. The van der Waals surface area contributed by atoms with Gasteiger partial charge in [0.15, 0.2) is 0 Å². The standard InChI is InChI=1S/C36H22OS/c37-31-17-7-16-30-35-29(15-8-18-32(35)38-36(30)31)34-27-13-5-3-11-25(27)33(26-12-4-6-14-28(26)34)24-20-19-22-9-1-2-10-23(22)21-24/h1-21,37H. The van der Waals surface area contributed by atoms with E-state index in [0.29, 0.717) is 5.75 Å². The zero-order valence-electron chi connectivity index (χ0n) is 20.5. The van der Waals surface area contributed by atoms with Crippen LogP contribution in [0.4, 0.5) is 0 Å². The van der Waals surface area contributed by atoms with Gasteiger partial charge in [-0.15, -0.1) is 11.3 Å². The van der Waals surface area contributed by atoms with Crippen LogP contribution >= 0.6 is 11.3 Å². The summed E-state index contributed by atoms with van der Waals surface area (Å²) in [4.78, 5) is 0. The molecule has 1 nitrogen and oxygen atoms in total. The first-order valence-corrected chi connectivity index (χ1v) is 13.7. The van der Waals surface area contributed by atoms with Gasteiger partial charge in [-0.05, 0) is 72.8 Å². The second-order valence-corrected chi connectivity index (χ2v) is 10.9. The molecule has 0 saturated carbocycles. The smallest absolute Gasteiger partial charge is 0.133 e. The third kappa shape index (κ3) is 3.04. The fourth-order valence-electron chi connectivity index (χ4n) is 6.12. The molecular formula is C36H22OS. The van der Waals surface area contributed by atoms with Crippen molar-refractivity contribution in [2.45, 2.75) is 0 Å². The summed E-state index contributed by atoms with van der Waals surface area (Å²) in [5, 5.41) is 20.4. The van der Waals surface area contributed by atoms with Crippen LogP contribution in [-0.4, -0.2) is 5.11 Å². The van der Waals surface area contributed by atoms with E-state index in [1.807, 2.05) is 6.07 Å². The van der Waals surface area contributed by atoms with Gasteiger partial charge in [-0.2, -0.15) is 0 Å². The summed E-state index contributed by atoms with van der Waals surface area (Å²) in [5.41, 5.74) is 4.95.